The Hall–Kier alpha value is -2.35. The summed E-state index contributed by atoms with van der Waals surface area (Å²) in [5.74, 6) is -0.381. The lowest BCUT2D eigenvalue weighted by Gasteiger charge is -2.08. The molecule has 0 fully saturated rings. The zero-order valence-electron chi connectivity index (χ0n) is 8.36. The molecule has 8 nitrogen and oxygen atoms in total. The van der Waals surface area contributed by atoms with Gasteiger partial charge >= 0.3 is 6.03 Å². The molecule has 0 aromatic heterocycles. The summed E-state index contributed by atoms with van der Waals surface area (Å²) >= 11 is 5.75. The van der Waals surface area contributed by atoms with Crippen molar-refractivity contribution in [1.82, 2.24) is 5.32 Å². The molecular formula is C8H8ClN5O3. The average Bonchev–Trinajstić information content (AvgIpc) is 2.19. The number of urea groups is 1. The van der Waals surface area contributed by atoms with Gasteiger partial charge in [-0.25, -0.2) is 4.79 Å². The van der Waals surface area contributed by atoms with Crippen molar-refractivity contribution < 1.29 is 9.72 Å². The van der Waals surface area contributed by atoms with Crippen LogP contribution in [0, 0.1) is 15.5 Å². The monoisotopic (exact) mass is 257 g/mol. The number of rotatable bonds is 2. The molecule has 0 bridgehead atoms. The van der Waals surface area contributed by atoms with E-state index in [1.807, 2.05) is 5.32 Å². The maximum absolute atomic E-state index is 10.4. The number of carbonyl (C=O) groups excluding carboxylic acids is 1. The van der Waals surface area contributed by atoms with Crippen LogP contribution in [0.2, 0.25) is 5.02 Å². The van der Waals surface area contributed by atoms with Crippen molar-refractivity contribution >= 4 is 35.0 Å². The molecule has 1 aromatic rings. The normalized spacial score (nSPS) is 9.47. The number of hydrogen-bond donors (Lipinski definition) is 4. The van der Waals surface area contributed by atoms with Gasteiger partial charge in [0.2, 0.25) is 5.96 Å². The molecule has 9 heteroatoms. The summed E-state index contributed by atoms with van der Waals surface area (Å²) in [6, 6.07) is 2.76. The van der Waals surface area contributed by atoms with Crippen molar-refractivity contribution in [2.24, 2.45) is 5.73 Å². The van der Waals surface area contributed by atoms with Crippen LogP contribution in [-0.4, -0.2) is 16.9 Å². The highest BCUT2D eigenvalue weighted by molar-refractivity contribution is 6.34. The number of amides is 2. The first-order valence-electron chi connectivity index (χ1n) is 4.26. The van der Waals surface area contributed by atoms with E-state index in [-0.39, 0.29) is 22.4 Å². The van der Waals surface area contributed by atoms with E-state index in [2.05, 4.69) is 5.32 Å². The number of nitro benzene ring substituents is 1. The Morgan fingerprint density at radius 1 is 1.53 bits per heavy atom. The van der Waals surface area contributed by atoms with E-state index < -0.39 is 11.0 Å². The van der Waals surface area contributed by atoms with Crippen molar-refractivity contribution in [3.05, 3.63) is 33.3 Å². The van der Waals surface area contributed by atoms with Gasteiger partial charge in [-0.05, 0) is 6.07 Å². The van der Waals surface area contributed by atoms with Crippen LogP contribution in [0.3, 0.4) is 0 Å². The smallest absolute Gasteiger partial charge is 0.318 e. The highest BCUT2D eigenvalue weighted by Crippen LogP contribution is 2.26. The van der Waals surface area contributed by atoms with Crippen LogP contribution in [0.15, 0.2) is 18.2 Å². The van der Waals surface area contributed by atoms with Gasteiger partial charge in [-0.2, -0.15) is 0 Å². The summed E-state index contributed by atoms with van der Waals surface area (Å²) in [7, 11) is 0. The second-order valence-corrected chi connectivity index (χ2v) is 3.32. The summed E-state index contributed by atoms with van der Waals surface area (Å²) < 4.78 is 0. The molecule has 0 radical (unpaired) electrons. The molecule has 90 valence electrons. The van der Waals surface area contributed by atoms with Crippen molar-refractivity contribution in [2.75, 3.05) is 5.32 Å². The Kier molecular flexibility index (Phi) is 3.83. The standard InChI is InChI=1S/C8H8ClN5O3/c9-5-3-4(14(16)17)1-2-6(5)12-7(10)13-8(11)15/h1-3H,(H5,10,11,12,13,15). The van der Waals surface area contributed by atoms with Crippen LogP contribution >= 0.6 is 11.6 Å². The summed E-state index contributed by atoms with van der Waals surface area (Å²) in [5.41, 5.74) is 4.87. The average molecular weight is 258 g/mol. The largest absolute Gasteiger partial charge is 0.351 e. The maximum atomic E-state index is 10.4. The number of hydrogen-bond acceptors (Lipinski definition) is 4. The number of non-ortho nitro benzene ring substituents is 1. The van der Waals surface area contributed by atoms with Crippen LogP contribution in [0.25, 0.3) is 0 Å². The molecule has 0 heterocycles. The third kappa shape index (κ3) is 3.61. The number of anilines is 1. The third-order valence-corrected chi connectivity index (χ3v) is 1.98. The SMILES string of the molecule is N=C(NC(N)=O)Nc1ccc([N+](=O)[O-])cc1Cl. The molecule has 0 aliphatic carbocycles. The van der Waals surface area contributed by atoms with E-state index >= 15 is 0 Å². The lowest BCUT2D eigenvalue weighted by molar-refractivity contribution is -0.384. The van der Waals surface area contributed by atoms with Gasteiger partial charge in [0.1, 0.15) is 0 Å². The number of nitrogens with one attached hydrogen (secondary N) is 3. The minimum Gasteiger partial charge on any atom is -0.351 e. The number of benzene rings is 1. The number of nitro groups is 1. The molecule has 0 saturated heterocycles. The number of carbonyl (C=O) groups is 1. The summed E-state index contributed by atoms with van der Waals surface area (Å²) in [6.07, 6.45) is 0. The molecule has 1 aromatic carbocycles. The van der Waals surface area contributed by atoms with Crippen LogP contribution in [0.5, 0.6) is 0 Å². The molecular weight excluding hydrogens is 250 g/mol. The number of halogens is 1. The van der Waals surface area contributed by atoms with Gasteiger partial charge in [0.05, 0.1) is 15.6 Å². The lowest BCUT2D eigenvalue weighted by atomic mass is 10.3. The van der Waals surface area contributed by atoms with Gasteiger partial charge in [-0.1, -0.05) is 11.6 Å². The third-order valence-electron chi connectivity index (χ3n) is 1.67. The van der Waals surface area contributed by atoms with E-state index in [9.17, 15) is 14.9 Å². The molecule has 2 amide bonds. The molecule has 5 N–H and O–H groups in total. The van der Waals surface area contributed by atoms with E-state index in [1.165, 1.54) is 12.1 Å². The Bertz CT molecular complexity index is 490. The molecule has 0 spiro atoms. The zero-order valence-corrected chi connectivity index (χ0v) is 9.12. The fraction of sp³-hybridized carbons (Fsp3) is 0. The van der Waals surface area contributed by atoms with Gasteiger partial charge in [0.25, 0.3) is 5.69 Å². The van der Waals surface area contributed by atoms with E-state index in [0.29, 0.717) is 0 Å². The first-order chi connectivity index (χ1) is 7.90. The molecule has 0 atom stereocenters. The summed E-state index contributed by atoms with van der Waals surface area (Å²) in [5, 5.41) is 22.2. The second kappa shape index (κ2) is 5.12. The van der Waals surface area contributed by atoms with Crippen molar-refractivity contribution in [3.8, 4) is 0 Å². The lowest BCUT2D eigenvalue weighted by Crippen LogP contribution is -2.38. The van der Waals surface area contributed by atoms with E-state index in [1.54, 1.807) is 0 Å². The van der Waals surface area contributed by atoms with Crippen LogP contribution in [0.1, 0.15) is 0 Å². The van der Waals surface area contributed by atoms with Crippen molar-refractivity contribution in [2.45, 2.75) is 0 Å². The molecule has 0 saturated carbocycles. The second-order valence-electron chi connectivity index (χ2n) is 2.91. The number of guanidine groups is 1. The van der Waals surface area contributed by atoms with Gasteiger partial charge in [0.15, 0.2) is 0 Å². The number of nitrogens with zero attached hydrogens (tertiary/aromatic N) is 1. The zero-order chi connectivity index (χ0) is 13.0. The fourth-order valence-corrected chi connectivity index (χ4v) is 1.23. The fourth-order valence-electron chi connectivity index (χ4n) is 1.01. The van der Waals surface area contributed by atoms with Crippen LogP contribution < -0.4 is 16.4 Å². The Morgan fingerprint density at radius 2 is 2.18 bits per heavy atom. The minimum atomic E-state index is -0.902. The van der Waals surface area contributed by atoms with Gasteiger partial charge in [-0.15, -0.1) is 0 Å². The number of nitrogens with two attached hydrogens (primary N) is 1. The van der Waals surface area contributed by atoms with E-state index in [0.717, 1.165) is 6.07 Å². The highest BCUT2D eigenvalue weighted by Gasteiger charge is 2.10. The van der Waals surface area contributed by atoms with Gasteiger partial charge < -0.3 is 11.1 Å². The highest BCUT2D eigenvalue weighted by atomic mass is 35.5. The predicted octanol–water partition coefficient (Wildman–Crippen LogP) is 1.26. The van der Waals surface area contributed by atoms with Crippen LogP contribution in [0.4, 0.5) is 16.2 Å². The first kappa shape index (κ1) is 12.7. The Morgan fingerprint density at radius 3 is 2.65 bits per heavy atom. The topological polar surface area (TPSA) is 134 Å². The maximum Gasteiger partial charge on any atom is 0.318 e. The summed E-state index contributed by atoms with van der Waals surface area (Å²) in [6.45, 7) is 0. The first-order valence-corrected chi connectivity index (χ1v) is 4.64. The minimum absolute atomic E-state index is 0.0511. The molecule has 0 unspecified atom stereocenters. The van der Waals surface area contributed by atoms with Crippen molar-refractivity contribution in [3.63, 3.8) is 0 Å². The van der Waals surface area contributed by atoms with Crippen molar-refractivity contribution in [1.29, 1.82) is 5.41 Å². The number of primary amides is 1. The molecule has 0 aliphatic heterocycles. The van der Waals surface area contributed by atoms with Gasteiger partial charge in [0, 0.05) is 12.1 Å². The molecule has 0 aliphatic rings. The quantitative estimate of drug-likeness (QED) is 0.274. The summed E-state index contributed by atoms with van der Waals surface area (Å²) in [4.78, 5) is 20.3. The van der Waals surface area contributed by atoms with E-state index in [4.69, 9.17) is 22.7 Å². The Balaban J connectivity index is 2.83. The molecule has 17 heavy (non-hydrogen) atoms. The Labute approximate surface area is 100 Å². The van der Waals surface area contributed by atoms with Crippen LogP contribution in [-0.2, 0) is 0 Å². The molecule has 1 rings (SSSR count). The predicted molar refractivity (Wildman–Crippen MR) is 62.2 cm³/mol. The van der Waals surface area contributed by atoms with Gasteiger partial charge in [-0.3, -0.25) is 20.8 Å².